The molecule has 0 aliphatic heterocycles. The summed E-state index contributed by atoms with van der Waals surface area (Å²) in [4.78, 5) is 16.4. The molecular weight excluding hydrogens is 295 g/mol. The van der Waals surface area contributed by atoms with E-state index in [0.717, 1.165) is 5.56 Å². The number of hydrogen-bond donors (Lipinski definition) is 1. The number of nitrogens with one attached hydrogen (secondary N) is 1. The SMILES string of the molecule is Cc1nc(-c2ccccc2)oc1CC(=O)Nc1ccccc1F. The number of carbonyl (C=O) groups is 1. The average Bonchev–Trinajstić information content (AvgIpc) is 2.91. The van der Waals surface area contributed by atoms with E-state index >= 15 is 0 Å². The molecule has 0 radical (unpaired) electrons. The van der Waals surface area contributed by atoms with Crippen LogP contribution in [0.1, 0.15) is 11.5 Å². The zero-order valence-electron chi connectivity index (χ0n) is 12.5. The van der Waals surface area contributed by atoms with Crippen LogP contribution >= 0.6 is 0 Å². The third kappa shape index (κ3) is 3.45. The van der Waals surface area contributed by atoms with E-state index in [-0.39, 0.29) is 18.0 Å². The summed E-state index contributed by atoms with van der Waals surface area (Å²) in [7, 11) is 0. The molecule has 0 aliphatic carbocycles. The van der Waals surface area contributed by atoms with Gasteiger partial charge in [0.05, 0.1) is 17.8 Å². The van der Waals surface area contributed by atoms with Gasteiger partial charge in [-0.3, -0.25) is 4.79 Å². The van der Waals surface area contributed by atoms with Crippen molar-refractivity contribution in [1.82, 2.24) is 4.98 Å². The summed E-state index contributed by atoms with van der Waals surface area (Å²) in [5.74, 6) is 0.114. The molecule has 1 aromatic heterocycles. The largest absolute Gasteiger partial charge is 0.440 e. The second-order valence-electron chi connectivity index (χ2n) is 5.10. The summed E-state index contributed by atoms with van der Waals surface area (Å²) in [6, 6.07) is 15.5. The molecule has 0 bridgehead atoms. The second-order valence-corrected chi connectivity index (χ2v) is 5.10. The predicted octanol–water partition coefficient (Wildman–Crippen LogP) is 3.97. The van der Waals surface area contributed by atoms with Crippen molar-refractivity contribution >= 4 is 11.6 Å². The van der Waals surface area contributed by atoms with Crippen molar-refractivity contribution in [2.75, 3.05) is 5.32 Å². The van der Waals surface area contributed by atoms with Gasteiger partial charge in [0, 0.05) is 5.56 Å². The Bertz CT molecular complexity index is 828. The van der Waals surface area contributed by atoms with Gasteiger partial charge in [-0.2, -0.15) is 0 Å². The summed E-state index contributed by atoms with van der Waals surface area (Å²) in [6.07, 6.45) is 0.00000118. The number of halogens is 1. The number of rotatable bonds is 4. The fourth-order valence-corrected chi connectivity index (χ4v) is 2.20. The molecule has 0 unspecified atom stereocenters. The molecule has 23 heavy (non-hydrogen) atoms. The quantitative estimate of drug-likeness (QED) is 0.793. The predicted molar refractivity (Wildman–Crippen MR) is 85.4 cm³/mol. The van der Waals surface area contributed by atoms with E-state index in [1.807, 2.05) is 30.3 Å². The number of carbonyl (C=O) groups excluding carboxylic acids is 1. The lowest BCUT2D eigenvalue weighted by molar-refractivity contribution is -0.115. The van der Waals surface area contributed by atoms with E-state index in [4.69, 9.17) is 4.42 Å². The zero-order valence-corrected chi connectivity index (χ0v) is 12.5. The summed E-state index contributed by atoms with van der Waals surface area (Å²) in [5, 5.41) is 2.53. The van der Waals surface area contributed by atoms with Crippen molar-refractivity contribution in [3.8, 4) is 11.5 Å². The van der Waals surface area contributed by atoms with Crippen LogP contribution in [0.25, 0.3) is 11.5 Å². The first kappa shape index (κ1) is 15.0. The highest BCUT2D eigenvalue weighted by atomic mass is 19.1. The first-order valence-corrected chi connectivity index (χ1v) is 7.19. The molecule has 2 aromatic carbocycles. The molecule has 5 heteroatoms. The number of amides is 1. The van der Waals surface area contributed by atoms with Gasteiger partial charge in [0.1, 0.15) is 11.6 Å². The van der Waals surface area contributed by atoms with Crippen LogP contribution in [0.15, 0.2) is 59.0 Å². The molecule has 0 spiro atoms. The highest BCUT2D eigenvalue weighted by Gasteiger charge is 2.15. The van der Waals surface area contributed by atoms with E-state index in [1.165, 1.54) is 12.1 Å². The number of para-hydroxylation sites is 1. The van der Waals surface area contributed by atoms with Gasteiger partial charge < -0.3 is 9.73 Å². The fraction of sp³-hybridized carbons (Fsp3) is 0.111. The van der Waals surface area contributed by atoms with Crippen LogP contribution in [0.5, 0.6) is 0 Å². The fourth-order valence-electron chi connectivity index (χ4n) is 2.20. The molecule has 0 saturated heterocycles. The molecule has 116 valence electrons. The third-order valence-electron chi connectivity index (χ3n) is 3.38. The molecular formula is C18H15FN2O2. The maximum atomic E-state index is 13.5. The Morgan fingerprint density at radius 2 is 1.83 bits per heavy atom. The number of anilines is 1. The van der Waals surface area contributed by atoms with E-state index in [2.05, 4.69) is 10.3 Å². The number of hydrogen-bond acceptors (Lipinski definition) is 3. The van der Waals surface area contributed by atoms with E-state index < -0.39 is 5.82 Å². The lowest BCUT2D eigenvalue weighted by atomic mass is 10.2. The molecule has 0 fully saturated rings. The normalized spacial score (nSPS) is 10.5. The summed E-state index contributed by atoms with van der Waals surface area (Å²) < 4.78 is 19.2. The van der Waals surface area contributed by atoms with Crippen molar-refractivity contribution in [2.24, 2.45) is 0 Å². The van der Waals surface area contributed by atoms with Crippen LogP contribution in [0.2, 0.25) is 0 Å². The van der Waals surface area contributed by atoms with Crippen molar-refractivity contribution in [3.05, 3.63) is 71.9 Å². The monoisotopic (exact) mass is 310 g/mol. The third-order valence-corrected chi connectivity index (χ3v) is 3.38. The molecule has 3 aromatic rings. The lowest BCUT2D eigenvalue weighted by Gasteiger charge is -2.05. The molecule has 0 aliphatic rings. The standard InChI is InChI=1S/C18H15FN2O2/c1-12-16(23-18(20-12)13-7-3-2-4-8-13)11-17(22)21-15-10-6-5-9-14(15)19/h2-10H,11H2,1H3,(H,21,22). The van der Waals surface area contributed by atoms with Gasteiger partial charge in [0.25, 0.3) is 0 Å². The molecule has 1 heterocycles. The van der Waals surface area contributed by atoms with Crippen molar-refractivity contribution in [3.63, 3.8) is 0 Å². The maximum Gasteiger partial charge on any atom is 0.232 e. The molecule has 1 N–H and O–H groups in total. The van der Waals surface area contributed by atoms with Crippen LogP contribution in [0.4, 0.5) is 10.1 Å². The number of nitrogens with zero attached hydrogens (tertiary/aromatic N) is 1. The summed E-state index contributed by atoms with van der Waals surface area (Å²) in [6.45, 7) is 1.78. The maximum absolute atomic E-state index is 13.5. The van der Waals surface area contributed by atoms with Crippen LogP contribution in [0, 0.1) is 12.7 Å². The van der Waals surface area contributed by atoms with Crippen molar-refractivity contribution in [1.29, 1.82) is 0 Å². The van der Waals surface area contributed by atoms with Crippen LogP contribution in [-0.2, 0) is 11.2 Å². The van der Waals surface area contributed by atoms with Crippen LogP contribution in [-0.4, -0.2) is 10.9 Å². The minimum absolute atomic E-state index is 0.00000118. The molecule has 0 saturated carbocycles. The van der Waals surface area contributed by atoms with E-state index in [0.29, 0.717) is 17.3 Å². The van der Waals surface area contributed by atoms with Gasteiger partial charge in [0.2, 0.25) is 11.8 Å². The average molecular weight is 310 g/mol. The van der Waals surface area contributed by atoms with E-state index in [1.54, 1.807) is 19.1 Å². The van der Waals surface area contributed by atoms with Crippen LogP contribution in [0.3, 0.4) is 0 Å². The molecule has 1 amide bonds. The Morgan fingerprint density at radius 1 is 1.13 bits per heavy atom. The Labute approximate surface area is 133 Å². The van der Waals surface area contributed by atoms with Gasteiger partial charge in [-0.25, -0.2) is 9.37 Å². The highest BCUT2D eigenvalue weighted by molar-refractivity contribution is 5.92. The van der Waals surface area contributed by atoms with Gasteiger partial charge in [-0.15, -0.1) is 0 Å². The van der Waals surface area contributed by atoms with Gasteiger partial charge in [-0.05, 0) is 31.2 Å². The molecule has 3 rings (SSSR count). The molecule has 4 nitrogen and oxygen atoms in total. The van der Waals surface area contributed by atoms with Gasteiger partial charge >= 0.3 is 0 Å². The van der Waals surface area contributed by atoms with Crippen molar-refractivity contribution in [2.45, 2.75) is 13.3 Å². The van der Waals surface area contributed by atoms with Crippen LogP contribution < -0.4 is 5.32 Å². The van der Waals surface area contributed by atoms with E-state index in [9.17, 15) is 9.18 Å². The Balaban J connectivity index is 1.74. The molecule has 0 atom stereocenters. The minimum Gasteiger partial charge on any atom is -0.440 e. The minimum atomic E-state index is -0.472. The first-order valence-electron chi connectivity index (χ1n) is 7.19. The number of oxazole rings is 1. The zero-order chi connectivity index (χ0) is 16.2. The van der Waals surface area contributed by atoms with Gasteiger partial charge in [0.15, 0.2) is 0 Å². The Morgan fingerprint density at radius 3 is 2.57 bits per heavy atom. The first-order chi connectivity index (χ1) is 11.1. The smallest absolute Gasteiger partial charge is 0.232 e. The number of aromatic nitrogens is 1. The lowest BCUT2D eigenvalue weighted by Crippen LogP contribution is -2.15. The summed E-state index contributed by atoms with van der Waals surface area (Å²) in [5.41, 5.74) is 1.64. The van der Waals surface area contributed by atoms with Crippen molar-refractivity contribution < 1.29 is 13.6 Å². The summed E-state index contributed by atoms with van der Waals surface area (Å²) >= 11 is 0. The topological polar surface area (TPSA) is 55.1 Å². The van der Waals surface area contributed by atoms with Gasteiger partial charge in [-0.1, -0.05) is 30.3 Å². The number of benzene rings is 2. The Hall–Kier alpha value is -2.95. The highest BCUT2D eigenvalue weighted by Crippen LogP contribution is 2.22. The Kier molecular flexibility index (Phi) is 4.19. The second kappa shape index (κ2) is 6.44. The number of aryl methyl sites for hydroxylation is 1.